The number of likely N-dealkylation sites (N-methyl/N-ethyl adjacent to an activating group) is 1. The average Bonchev–Trinajstić information content (AvgIpc) is 3.06. The second kappa shape index (κ2) is 8.87. The fourth-order valence-electron chi connectivity index (χ4n) is 3.76. The first-order valence-electron chi connectivity index (χ1n) is 9.68. The zero-order valence-corrected chi connectivity index (χ0v) is 16.5. The third-order valence-electron chi connectivity index (χ3n) is 5.52. The monoisotopic (exact) mass is 376 g/mol. The van der Waals surface area contributed by atoms with E-state index in [4.69, 9.17) is 11.6 Å². The summed E-state index contributed by atoms with van der Waals surface area (Å²) in [6.45, 7) is 2.67. The van der Waals surface area contributed by atoms with E-state index >= 15 is 0 Å². The largest absolute Gasteiger partial charge is 0.355 e. The Morgan fingerprint density at radius 2 is 2.15 bits per heavy atom. The second-order valence-electron chi connectivity index (χ2n) is 7.37. The minimum absolute atomic E-state index is 0.0774. The van der Waals surface area contributed by atoms with Crippen LogP contribution in [0.1, 0.15) is 51.3 Å². The molecule has 26 heavy (non-hydrogen) atoms. The van der Waals surface area contributed by atoms with Crippen LogP contribution in [0.25, 0.3) is 11.0 Å². The van der Waals surface area contributed by atoms with E-state index in [9.17, 15) is 4.79 Å². The van der Waals surface area contributed by atoms with Crippen LogP contribution in [0.4, 0.5) is 0 Å². The SMILES string of the molecule is CC(C(=O)NCCCc1nc2ccc(Cl)cc2[nH]1)N(C)C1CCCCC1. The first-order chi connectivity index (χ1) is 12.5. The fraction of sp³-hybridized carbons (Fsp3) is 0.600. The number of amides is 1. The second-order valence-corrected chi connectivity index (χ2v) is 7.81. The quantitative estimate of drug-likeness (QED) is 0.720. The van der Waals surface area contributed by atoms with Crippen molar-refractivity contribution in [2.75, 3.05) is 13.6 Å². The molecule has 6 heteroatoms. The lowest BCUT2D eigenvalue weighted by Crippen LogP contribution is -2.48. The molecule has 5 nitrogen and oxygen atoms in total. The van der Waals surface area contributed by atoms with Gasteiger partial charge in [0.2, 0.25) is 5.91 Å². The maximum absolute atomic E-state index is 12.4. The van der Waals surface area contributed by atoms with Crippen LogP contribution in [0.2, 0.25) is 5.02 Å². The van der Waals surface area contributed by atoms with Crippen molar-refractivity contribution in [1.29, 1.82) is 0 Å². The molecular weight excluding hydrogens is 348 g/mol. The molecular formula is C20H29ClN4O. The summed E-state index contributed by atoms with van der Waals surface area (Å²) in [6.07, 6.45) is 7.99. The lowest BCUT2D eigenvalue weighted by molar-refractivity contribution is -0.126. The molecule has 0 saturated heterocycles. The van der Waals surface area contributed by atoms with Gasteiger partial charge in [-0.1, -0.05) is 30.9 Å². The van der Waals surface area contributed by atoms with E-state index in [0.29, 0.717) is 17.6 Å². The smallest absolute Gasteiger partial charge is 0.237 e. The van der Waals surface area contributed by atoms with Gasteiger partial charge in [0, 0.05) is 24.0 Å². The predicted octanol–water partition coefficient (Wildman–Crippen LogP) is 3.92. The molecule has 1 fully saturated rings. The van der Waals surface area contributed by atoms with Gasteiger partial charge in [0.05, 0.1) is 17.1 Å². The number of carbonyl (C=O) groups is 1. The van der Waals surface area contributed by atoms with Crippen molar-refractivity contribution in [2.24, 2.45) is 0 Å². The normalized spacial score (nSPS) is 16.9. The topological polar surface area (TPSA) is 61.0 Å². The van der Waals surface area contributed by atoms with E-state index < -0.39 is 0 Å². The van der Waals surface area contributed by atoms with Crippen LogP contribution in [0.5, 0.6) is 0 Å². The van der Waals surface area contributed by atoms with Crippen molar-refractivity contribution in [3.8, 4) is 0 Å². The third kappa shape index (κ3) is 4.77. The van der Waals surface area contributed by atoms with Gasteiger partial charge in [-0.2, -0.15) is 0 Å². The third-order valence-corrected chi connectivity index (χ3v) is 5.76. The summed E-state index contributed by atoms with van der Waals surface area (Å²) >= 11 is 6.00. The average molecular weight is 377 g/mol. The molecule has 1 aliphatic carbocycles. The Morgan fingerprint density at radius 1 is 1.38 bits per heavy atom. The van der Waals surface area contributed by atoms with Crippen LogP contribution in [-0.2, 0) is 11.2 Å². The van der Waals surface area contributed by atoms with E-state index in [-0.39, 0.29) is 11.9 Å². The van der Waals surface area contributed by atoms with Gasteiger partial charge in [-0.3, -0.25) is 9.69 Å². The molecule has 2 N–H and O–H groups in total. The molecule has 1 aromatic carbocycles. The number of aromatic amines is 1. The van der Waals surface area contributed by atoms with Crippen LogP contribution < -0.4 is 5.32 Å². The molecule has 1 amide bonds. The van der Waals surface area contributed by atoms with Gasteiger partial charge in [0.15, 0.2) is 0 Å². The van der Waals surface area contributed by atoms with Gasteiger partial charge in [-0.15, -0.1) is 0 Å². The summed E-state index contributed by atoms with van der Waals surface area (Å²) < 4.78 is 0. The maximum Gasteiger partial charge on any atom is 0.237 e. The highest BCUT2D eigenvalue weighted by Crippen LogP contribution is 2.23. The molecule has 1 saturated carbocycles. The number of benzene rings is 1. The summed E-state index contributed by atoms with van der Waals surface area (Å²) in [5, 5.41) is 3.78. The molecule has 0 radical (unpaired) electrons. The number of hydrogen-bond donors (Lipinski definition) is 2. The molecule has 0 bridgehead atoms. The molecule has 1 aromatic heterocycles. The Morgan fingerprint density at radius 3 is 2.92 bits per heavy atom. The summed E-state index contributed by atoms with van der Waals surface area (Å²) in [7, 11) is 2.08. The molecule has 0 aliphatic heterocycles. The van der Waals surface area contributed by atoms with Crippen molar-refractivity contribution in [1.82, 2.24) is 20.2 Å². The number of aromatic nitrogens is 2. The van der Waals surface area contributed by atoms with Crippen LogP contribution in [0, 0.1) is 0 Å². The lowest BCUT2D eigenvalue weighted by Gasteiger charge is -2.34. The highest BCUT2D eigenvalue weighted by atomic mass is 35.5. The van der Waals surface area contributed by atoms with Gasteiger partial charge in [0.1, 0.15) is 5.82 Å². The van der Waals surface area contributed by atoms with Crippen molar-refractivity contribution >= 4 is 28.5 Å². The number of imidazole rings is 1. The first-order valence-corrected chi connectivity index (χ1v) is 10.1. The van der Waals surface area contributed by atoms with Crippen LogP contribution >= 0.6 is 11.6 Å². The van der Waals surface area contributed by atoms with Crippen molar-refractivity contribution in [3.05, 3.63) is 29.0 Å². The Bertz CT molecular complexity index is 738. The molecule has 3 rings (SSSR count). The number of nitrogens with zero attached hydrogens (tertiary/aromatic N) is 2. The first kappa shape index (κ1) is 19.2. The number of hydrogen-bond acceptors (Lipinski definition) is 3. The predicted molar refractivity (Wildman–Crippen MR) is 107 cm³/mol. The zero-order chi connectivity index (χ0) is 18.5. The van der Waals surface area contributed by atoms with Crippen LogP contribution in [0.3, 0.4) is 0 Å². The van der Waals surface area contributed by atoms with Crippen LogP contribution in [0.15, 0.2) is 18.2 Å². The Balaban J connectivity index is 1.42. The molecule has 0 spiro atoms. The number of nitrogens with one attached hydrogen (secondary N) is 2. The Kier molecular flexibility index (Phi) is 6.54. The minimum Gasteiger partial charge on any atom is -0.355 e. The standard InChI is InChI=1S/C20H29ClN4O/c1-14(25(2)16-7-4-3-5-8-16)20(26)22-12-6-9-19-23-17-11-10-15(21)13-18(17)24-19/h10-11,13-14,16H,3-9,12H2,1-2H3,(H,22,26)(H,23,24). The fourth-order valence-corrected chi connectivity index (χ4v) is 3.93. The molecule has 1 aliphatic rings. The molecule has 1 heterocycles. The van der Waals surface area contributed by atoms with Gasteiger partial charge < -0.3 is 10.3 Å². The number of halogens is 1. The summed E-state index contributed by atoms with van der Waals surface area (Å²) in [5.41, 5.74) is 1.88. The summed E-state index contributed by atoms with van der Waals surface area (Å²) in [5.74, 6) is 1.05. The molecule has 142 valence electrons. The van der Waals surface area contributed by atoms with E-state index in [2.05, 4.69) is 27.2 Å². The highest BCUT2D eigenvalue weighted by molar-refractivity contribution is 6.31. The van der Waals surface area contributed by atoms with Gasteiger partial charge >= 0.3 is 0 Å². The van der Waals surface area contributed by atoms with E-state index in [1.54, 1.807) is 0 Å². The van der Waals surface area contributed by atoms with Crippen molar-refractivity contribution in [2.45, 2.75) is 64.0 Å². The van der Waals surface area contributed by atoms with Crippen molar-refractivity contribution in [3.63, 3.8) is 0 Å². The molecule has 2 aromatic rings. The van der Waals surface area contributed by atoms with Gasteiger partial charge in [-0.25, -0.2) is 4.98 Å². The molecule has 1 atom stereocenters. The highest BCUT2D eigenvalue weighted by Gasteiger charge is 2.25. The Hall–Kier alpha value is -1.59. The summed E-state index contributed by atoms with van der Waals surface area (Å²) in [4.78, 5) is 22.5. The molecule has 1 unspecified atom stereocenters. The Labute approximate surface area is 160 Å². The zero-order valence-electron chi connectivity index (χ0n) is 15.7. The van der Waals surface area contributed by atoms with E-state index in [1.165, 1.54) is 32.1 Å². The number of fused-ring (bicyclic) bond motifs is 1. The number of aryl methyl sites for hydroxylation is 1. The number of carbonyl (C=O) groups excluding carboxylic acids is 1. The van der Waals surface area contributed by atoms with Gasteiger partial charge in [-0.05, 0) is 51.4 Å². The minimum atomic E-state index is -0.0774. The summed E-state index contributed by atoms with van der Waals surface area (Å²) in [6, 6.07) is 6.12. The maximum atomic E-state index is 12.4. The number of rotatable bonds is 7. The van der Waals surface area contributed by atoms with Crippen LogP contribution in [-0.4, -0.2) is 46.5 Å². The lowest BCUT2D eigenvalue weighted by atomic mass is 9.93. The number of H-pyrrole nitrogens is 1. The van der Waals surface area contributed by atoms with Gasteiger partial charge in [0.25, 0.3) is 0 Å². The van der Waals surface area contributed by atoms with E-state index in [1.807, 2.05) is 25.1 Å². The van der Waals surface area contributed by atoms with Crippen molar-refractivity contribution < 1.29 is 4.79 Å². The van der Waals surface area contributed by atoms with E-state index in [0.717, 1.165) is 29.7 Å².